The zero-order chi connectivity index (χ0) is 14.7. The standard InChI is InChI=1S/C12H14N4O4S/c1-18-10-5-14-12(21-10)15-11(17)13-4-8-7-6-19-3-2-9(7)20-16-8/h5H,2-4,6H2,1H3,(H2,13,14,15,17). The molecule has 3 heterocycles. The van der Waals surface area contributed by atoms with Crippen LogP contribution in [-0.2, 0) is 24.3 Å². The van der Waals surface area contributed by atoms with Crippen LogP contribution in [0.4, 0.5) is 9.93 Å². The molecule has 0 spiro atoms. The van der Waals surface area contributed by atoms with Crippen molar-refractivity contribution in [2.24, 2.45) is 0 Å². The molecule has 112 valence electrons. The third-order valence-corrected chi connectivity index (χ3v) is 3.87. The zero-order valence-electron chi connectivity index (χ0n) is 11.3. The number of carbonyl (C=O) groups is 1. The molecule has 2 amide bonds. The van der Waals surface area contributed by atoms with Crippen molar-refractivity contribution in [1.29, 1.82) is 0 Å². The molecule has 0 fully saturated rings. The van der Waals surface area contributed by atoms with Crippen LogP contribution in [0.2, 0.25) is 0 Å². The van der Waals surface area contributed by atoms with Crippen molar-refractivity contribution in [3.63, 3.8) is 0 Å². The number of amides is 2. The molecule has 0 saturated heterocycles. The van der Waals surface area contributed by atoms with E-state index in [0.29, 0.717) is 35.5 Å². The van der Waals surface area contributed by atoms with Gasteiger partial charge in [-0.05, 0) is 0 Å². The minimum Gasteiger partial charge on any atom is -0.486 e. The highest BCUT2D eigenvalue weighted by Crippen LogP contribution is 2.24. The Bertz CT molecular complexity index is 639. The first-order valence-corrected chi connectivity index (χ1v) is 7.16. The number of thiazole rings is 1. The highest BCUT2D eigenvalue weighted by Gasteiger charge is 2.20. The number of aromatic nitrogens is 2. The third kappa shape index (κ3) is 3.14. The first kappa shape index (κ1) is 13.8. The zero-order valence-corrected chi connectivity index (χ0v) is 12.2. The van der Waals surface area contributed by atoms with Gasteiger partial charge in [-0.1, -0.05) is 16.5 Å². The number of nitrogens with zero attached hydrogens (tertiary/aromatic N) is 2. The number of ether oxygens (including phenoxy) is 2. The van der Waals surface area contributed by atoms with Crippen LogP contribution in [0.5, 0.6) is 5.06 Å². The maximum Gasteiger partial charge on any atom is 0.321 e. The van der Waals surface area contributed by atoms with Gasteiger partial charge in [-0.3, -0.25) is 5.32 Å². The predicted octanol–water partition coefficient (Wildman–Crippen LogP) is 1.53. The molecule has 2 N–H and O–H groups in total. The van der Waals surface area contributed by atoms with E-state index in [1.165, 1.54) is 11.3 Å². The summed E-state index contributed by atoms with van der Waals surface area (Å²) in [4.78, 5) is 15.8. The number of urea groups is 1. The largest absolute Gasteiger partial charge is 0.486 e. The van der Waals surface area contributed by atoms with Gasteiger partial charge in [0.05, 0.1) is 33.1 Å². The Morgan fingerprint density at radius 3 is 3.29 bits per heavy atom. The van der Waals surface area contributed by atoms with Crippen molar-refractivity contribution < 1.29 is 18.8 Å². The number of rotatable bonds is 4. The number of hydrogen-bond donors (Lipinski definition) is 2. The van der Waals surface area contributed by atoms with Gasteiger partial charge >= 0.3 is 6.03 Å². The maximum atomic E-state index is 11.8. The van der Waals surface area contributed by atoms with E-state index in [1.54, 1.807) is 13.3 Å². The summed E-state index contributed by atoms with van der Waals surface area (Å²) >= 11 is 1.25. The number of methoxy groups -OCH3 is 1. The molecular formula is C12H14N4O4S. The SMILES string of the molecule is COc1cnc(NC(=O)NCc2noc3c2COCC3)s1. The van der Waals surface area contributed by atoms with Crippen molar-refractivity contribution in [3.8, 4) is 5.06 Å². The van der Waals surface area contributed by atoms with Crippen LogP contribution in [0.1, 0.15) is 17.0 Å². The number of hydrogen-bond acceptors (Lipinski definition) is 7. The fourth-order valence-electron chi connectivity index (χ4n) is 1.94. The molecule has 1 aliphatic heterocycles. The molecule has 0 bridgehead atoms. The molecule has 2 aromatic heterocycles. The van der Waals surface area contributed by atoms with Gasteiger partial charge in [0, 0.05) is 12.0 Å². The highest BCUT2D eigenvalue weighted by molar-refractivity contribution is 7.17. The summed E-state index contributed by atoms with van der Waals surface area (Å²) in [5.74, 6) is 0.836. The fourth-order valence-corrected chi connectivity index (χ4v) is 2.56. The second-order valence-electron chi connectivity index (χ2n) is 4.33. The van der Waals surface area contributed by atoms with E-state index in [9.17, 15) is 4.79 Å². The Morgan fingerprint density at radius 2 is 2.48 bits per heavy atom. The molecule has 0 aromatic carbocycles. The van der Waals surface area contributed by atoms with Crippen LogP contribution >= 0.6 is 11.3 Å². The molecule has 0 aliphatic carbocycles. The first-order valence-electron chi connectivity index (χ1n) is 6.35. The average molecular weight is 310 g/mol. The van der Waals surface area contributed by atoms with Crippen molar-refractivity contribution >= 4 is 22.5 Å². The van der Waals surface area contributed by atoms with Gasteiger partial charge in [0.2, 0.25) is 0 Å². The van der Waals surface area contributed by atoms with E-state index in [2.05, 4.69) is 20.8 Å². The second kappa shape index (κ2) is 6.10. The molecule has 8 nitrogen and oxygen atoms in total. The third-order valence-electron chi connectivity index (χ3n) is 2.99. The van der Waals surface area contributed by atoms with Gasteiger partial charge in [0.1, 0.15) is 11.5 Å². The molecule has 9 heteroatoms. The van der Waals surface area contributed by atoms with Crippen LogP contribution in [-0.4, -0.2) is 29.9 Å². The number of fused-ring (bicyclic) bond motifs is 1. The van der Waals surface area contributed by atoms with E-state index in [4.69, 9.17) is 14.0 Å². The Labute approximate surface area is 124 Å². The number of anilines is 1. The Morgan fingerprint density at radius 1 is 1.57 bits per heavy atom. The molecule has 0 saturated carbocycles. The molecule has 0 unspecified atom stereocenters. The quantitative estimate of drug-likeness (QED) is 0.888. The topological polar surface area (TPSA) is 98.5 Å². The summed E-state index contributed by atoms with van der Waals surface area (Å²) in [6.07, 6.45) is 2.26. The van der Waals surface area contributed by atoms with Crippen LogP contribution in [0.3, 0.4) is 0 Å². The van der Waals surface area contributed by atoms with Crippen LogP contribution in [0, 0.1) is 0 Å². The molecule has 1 aliphatic rings. The molecule has 2 aromatic rings. The van der Waals surface area contributed by atoms with Crippen LogP contribution in [0.15, 0.2) is 10.7 Å². The summed E-state index contributed by atoms with van der Waals surface area (Å²) in [6.45, 7) is 1.39. The summed E-state index contributed by atoms with van der Waals surface area (Å²) < 4.78 is 15.6. The summed E-state index contributed by atoms with van der Waals surface area (Å²) in [5.41, 5.74) is 1.62. The molecule has 21 heavy (non-hydrogen) atoms. The van der Waals surface area contributed by atoms with Gasteiger partial charge in [0.25, 0.3) is 0 Å². The van der Waals surface area contributed by atoms with Crippen molar-refractivity contribution in [3.05, 3.63) is 23.2 Å². The highest BCUT2D eigenvalue weighted by atomic mass is 32.1. The lowest BCUT2D eigenvalue weighted by molar-refractivity contribution is 0.102. The second-order valence-corrected chi connectivity index (χ2v) is 5.32. The minimum atomic E-state index is -0.361. The summed E-state index contributed by atoms with van der Waals surface area (Å²) in [6, 6.07) is -0.361. The van der Waals surface area contributed by atoms with Crippen molar-refractivity contribution in [2.75, 3.05) is 19.0 Å². The van der Waals surface area contributed by atoms with E-state index >= 15 is 0 Å². The van der Waals surface area contributed by atoms with Crippen LogP contribution < -0.4 is 15.4 Å². The lowest BCUT2D eigenvalue weighted by atomic mass is 10.1. The Hall–Kier alpha value is -2.13. The summed E-state index contributed by atoms with van der Waals surface area (Å²) in [5, 5.41) is 10.4. The Balaban J connectivity index is 1.55. The van der Waals surface area contributed by atoms with E-state index in [0.717, 1.165) is 11.3 Å². The fraction of sp³-hybridized carbons (Fsp3) is 0.417. The monoisotopic (exact) mass is 310 g/mol. The van der Waals surface area contributed by atoms with E-state index in [1.807, 2.05) is 0 Å². The predicted molar refractivity (Wildman–Crippen MR) is 74.4 cm³/mol. The van der Waals surface area contributed by atoms with Crippen LogP contribution in [0.25, 0.3) is 0 Å². The van der Waals surface area contributed by atoms with E-state index in [-0.39, 0.29) is 12.6 Å². The van der Waals surface area contributed by atoms with Gasteiger partial charge in [-0.15, -0.1) is 0 Å². The molecule has 0 radical (unpaired) electrons. The Kier molecular flexibility index (Phi) is 4.02. The minimum absolute atomic E-state index is 0.274. The van der Waals surface area contributed by atoms with E-state index < -0.39 is 0 Å². The smallest absolute Gasteiger partial charge is 0.321 e. The lowest BCUT2D eigenvalue weighted by Crippen LogP contribution is -2.28. The summed E-state index contributed by atoms with van der Waals surface area (Å²) in [7, 11) is 1.55. The molecular weight excluding hydrogens is 296 g/mol. The van der Waals surface area contributed by atoms with Crippen molar-refractivity contribution in [1.82, 2.24) is 15.5 Å². The van der Waals surface area contributed by atoms with Gasteiger partial charge < -0.3 is 19.3 Å². The normalized spacial score (nSPS) is 13.6. The molecule has 3 rings (SSSR count). The number of nitrogens with one attached hydrogen (secondary N) is 2. The lowest BCUT2D eigenvalue weighted by Gasteiger charge is -2.10. The van der Waals surface area contributed by atoms with Crippen molar-refractivity contribution in [2.45, 2.75) is 19.6 Å². The first-order chi connectivity index (χ1) is 10.3. The maximum absolute atomic E-state index is 11.8. The average Bonchev–Trinajstić information content (AvgIpc) is 3.11. The van der Waals surface area contributed by atoms with Gasteiger partial charge in [0.15, 0.2) is 10.2 Å². The molecule has 0 atom stereocenters. The number of carbonyl (C=O) groups excluding carboxylic acids is 1. The van der Waals surface area contributed by atoms with Gasteiger partial charge in [-0.25, -0.2) is 9.78 Å². The van der Waals surface area contributed by atoms with Gasteiger partial charge in [-0.2, -0.15) is 0 Å².